The number of pyridine rings is 1. The summed E-state index contributed by atoms with van der Waals surface area (Å²) < 4.78 is 0.995. The Kier molecular flexibility index (Phi) is 5.34. The molecule has 0 radical (unpaired) electrons. The third-order valence-electron chi connectivity index (χ3n) is 3.54. The Balaban J connectivity index is 1.83. The molecule has 0 amide bonds. The number of aromatic nitrogens is 1. The number of nitrogens with zero attached hydrogens (tertiary/aromatic N) is 2. The van der Waals surface area contributed by atoms with E-state index in [1.165, 1.54) is 0 Å². The number of rotatable bonds is 5. The Morgan fingerprint density at radius 2 is 2.37 bits per heavy atom. The lowest BCUT2D eigenvalue weighted by atomic mass is 9.93. The van der Waals surface area contributed by atoms with Gasteiger partial charge >= 0.3 is 5.97 Å². The minimum atomic E-state index is -0.688. The highest BCUT2D eigenvalue weighted by molar-refractivity contribution is 9.10. The molecular weight excluding hydrogens is 308 g/mol. The first kappa shape index (κ1) is 14.5. The molecule has 1 N–H and O–H groups in total. The van der Waals surface area contributed by atoms with Crippen LogP contribution in [0, 0.1) is 5.92 Å². The molecule has 0 saturated carbocycles. The molecule has 2 heterocycles. The predicted octanol–water partition coefficient (Wildman–Crippen LogP) is 2.92. The number of halogens is 1. The number of carbonyl (C=O) groups is 1. The Morgan fingerprint density at radius 3 is 3.05 bits per heavy atom. The van der Waals surface area contributed by atoms with Crippen LogP contribution in [0.15, 0.2) is 22.8 Å². The van der Waals surface area contributed by atoms with Crippen molar-refractivity contribution in [3.05, 3.63) is 28.5 Å². The van der Waals surface area contributed by atoms with Crippen LogP contribution in [0.3, 0.4) is 0 Å². The van der Waals surface area contributed by atoms with Crippen LogP contribution in [0.5, 0.6) is 0 Å². The maximum absolute atomic E-state index is 10.6. The summed E-state index contributed by atoms with van der Waals surface area (Å²) in [6.45, 7) is 2.93. The molecule has 1 saturated heterocycles. The molecule has 4 nitrogen and oxygen atoms in total. The van der Waals surface area contributed by atoms with Gasteiger partial charge in [-0.25, -0.2) is 0 Å². The van der Waals surface area contributed by atoms with Gasteiger partial charge in [-0.15, -0.1) is 0 Å². The average molecular weight is 327 g/mol. The fourth-order valence-corrected chi connectivity index (χ4v) is 2.82. The van der Waals surface area contributed by atoms with Gasteiger partial charge in [0.1, 0.15) is 0 Å². The van der Waals surface area contributed by atoms with E-state index in [9.17, 15) is 4.79 Å². The summed E-state index contributed by atoms with van der Waals surface area (Å²) in [4.78, 5) is 17.4. The van der Waals surface area contributed by atoms with E-state index in [2.05, 4.69) is 25.8 Å². The van der Waals surface area contributed by atoms with Crippen LogP contribution in [-0.2, 0) is 11.3 Å². The summed E-state index contributed by atoms with van der Waals surface area (Å²) in [7, 11) is 0. The van der Waals surface area contributed by atoms with Crippen LogP contribution < -0.4 is 0 Å². The molecule has 1 aromatic rings. The van der Waals surface area contributed by atoms with E-state index in [4.69, 9.17) is 5.11 Å². The van der Waals surface area contributed by atoms with Crippen molar-refractivity contribution in [3.8, 4) is 0 Å². The molecule has 1 aliphatic rings. The smallest absolute Gasteiger partial charge is 0.303 e. The second-order valence-electron chi connectivity index (χ2n) is 5.14. The molecular formula is C14H19BrN2O2. The zero-order valence-corrected chi connectivity index (χ0v) is 12.5. The standard InChI is InChI=1S/C14H19BrN2O2/c15-12-4-5-13(16-8-12)10-17-7-1-2-11(9-17)3-6-14(18)19/h4-5,8,11H,1-3,6-7,9-10H2,(H,18,19). The topological polar surface area (TPSA) is 53.4 Å². The second kappa shape index (κ2) is 7.01. The maximum atomic E-state index is 10.6. The van der Waals surface area contributed by atoms with Crippen LogP contribution in [0.2, 0.25) is 0 Å². The molecule has 104 valence electrons. The van der Waals surface area contributed by atoms with Gasteiger partial charge in [0.05, 0.1) is 5.69 Å². The Labute approximate surface area is 122 Å². The highest BCUT2D eigenvalue weighted by atomic mass is 79.9. The van der Waals surface area contributed by atoms with Crippen molar-refractivity contribution in [1.82, 2.24) is 9.88 Å². The van der Waals surface area contributed by atoms with Crippen molar-refractivity contribution in [3.63, 3.8) is 0 Å². The van der Waals surface area contributed by atoms with E-state index in [1.807, 2.05) is 18.3 Å². The van der Waals surface area contributed by atoms with Gasteiger partial charge < -0.3 is 5.11 Å². The van der Waals surface area contributed by atoms with Crippen molar-refractivity contribution in [2.45, 2.75) is 32.2 Å². The lowest BCUT2D eigenvalue weighted by Gasteiger charge is -2.32. The molecule has 0 bridgehead atoms. The van der Waals surface area contributed by atoms with Gasteiger partial charge in [-0.1, -0.05) is 0 Å². The summed E-state index contributed by atoms with van der Waals surface area (Å²) in [6.07, 6.45) is 5.20. The van der Waals surface area contributed by atoms with Crippen LogP contribution in [0.4, 0.5) is 0 Å². The molecule has 1 aromatic heterocycles. The molecule has 2 rings (SSSR count). The van der Waals surface area contributed by atoms with Gasteiger partial charge in [-0.2, -0.15) is 0 Å². The number of hydrogen-bond acceptors (Lipinski definition) is 3. The quantitative estimate of drug-likeness (QED) is 0.903. The normalized spacial score (nSPS) is 20.4. The third-order valence-corrected chi connectivity index (χ3v) is 4.01. The van der Waals surface area contributed by atoms with Gasteiger partial charge in [0.2, 0.25) is 0 Å². The zero-order chi connectivity index (χ0) is 13.7. The summed E-state index contributed by atoms with van der Waals surface area (Å²) in [5.74, 6) is -0.174. The van der Waals surface area contributed by atoms with E-state index in [0.717, 1.165) is 49.1 Å². The van der Waals surface area contributed by atoms with Gasteiger partial charge in [0.15, 0.2) is 0 Å². The lowest BCUT2D eigenvalue weighted by molar-refractivity contribution is -0.137. The van der Waals surface area contributed by atoms with Gasteiger partial charge in [0.25, 0.3) is 0 Å². The zero-order valence-electron chi connectivity index (χ0n) is 10.9. The van der Waals surface area contributed by atoms with Crippen LogP contribution in [0.25, 0.3) is 0 Å². The predicted molar refractivity (Wildman–Crippen MR) is 76.8 cm³/mol. The van der Waals surface area contributed by atoms with E-state index in [1.54, 1.807) is 0 Å². The number of hydrogen-bond donors (Lipinski definition) is 1. The number of aliphatic carboxylic acids is 1. The molecule has 0 aromatic carbocycles. The minimum Gasteiger partial charge on any atom is -0.481 e. The second-order valence-corrected chi connectivity index (χ2v) is 6.06. The molecule has 1 unspecified atom stereocenters. The highest BCUT2D eigenvalue weighted by Gasteiger charge is 2.20. The van der Waals surface area contributed by atoms with Crippen LogP contribution in [0.1, 0.15) is 31.4 Å². The van der Waals surface area contributed by atoms with Crippen molar-refractivity contribution in [1.29, 1.82) is 0 Å². The number of carboxylic acid groups (broad SMARTS) is 1. The van der Waals surface area contributed by atoms with E-state index < -0.39 is 5.97 Å². The summed E-state index contributed by atoms with van der Waals surface area (Å²) in [5.41, 5.74) is 1.07. The highest BCUT2D eigenvalue weighted by Crippen LogP contribution is 2.22. The van der Waals surface area contributed by atoms with Crippen molar-refractivity contribution in [2.24, 2.45) is 5.92 Å². The van der Waals surface area contributed by atoms with Crippen molar-refractivity contribution < 1.29 is 9.90 Å². The first-order chi connectivity index (χ1) is 9.13. The number of likely N-dealkylation sites (tertiary alicyclic amines) is 1. The van der Waals surface area contributed by atoms with Gasteiger partial charge in [-0.05, 0) is 59.8 Å². The minimum absolute atomic E-state index is 0.287. The molecule has 19 heavy (non-hydrogen) atoms. The summed E-state index contributed by atoms with van der Waals surface area (Å²) in [6, 6.07) is 4.04. The Bertz CT molecular complexity index is 422. The van der Waals surface area contributed by atoms with E-state index in [0.29, 0.717) is 5.92 Å². The summed E-state index contributed by atoms with van der Waals surface area (Å²) >= 11 is 3.38. The average Bonchev–Trinajstić information content (AvgIpc) is 2.40. The van der Waals surface area contributed by atoms with Gasteiger partial charge in [-0.3, -0.25) is 14.7 Å². The molecule has 1 fully saturated rings. The number of piperidine rings is 1. The van der Waals surface area contributed by atoms with Gasteiger partial charge in [0, 0.05) is 30.2 Å². The Hall–Kier alpha value is -0.940. The summed E-state index contributed by atoms with van der Waals surface area (Å²) in [5, 5.41) is 8.74. The SMILES string of the molecule is O=C(O)CCC1CCCN(Cc2ccc(Br)cn2)C1. The number of carboxylic acids is 1. The lowest BCUT2D eigenvalue weighted by Crippen LogP contribution is -2.35. The monoisotopic (exact) mass is 326 g/mol. The largest absolute Gasteiger partial charge is 0.481 e. The van der Waals surface area contributed by atoms with E-state index >= 15 is 0 Å². The fourth-order valence-electron chi connectivity index (χ4n) is 2.59. The third kappa shape index (κ3) is 4.91. The van der Waals surface area contributed by atoms with E-state index in [-0.39, 0.29) is 6.42 Å². The maximum Gasteiger partial charge on any atom is 0.303 e. The Morgan fingerprint density at radius 1 is 1.53 bits per heavy atom. The fraction of sp³-hybridized carbons (Fsp3) is 0.571. The first-order valence-electron chi connectivity index (χ1n) is 6.68. The molecule has 5 heteroatoms. The van der Waals surface area contributed by atoms with Crippen LogP contribution in [-0.4, -0.2) is 34.0 Å². The molecule has 0 spiro atoms. The first-order valence-corrected chi connectivity index (χ1v) is 7.47. The molecule has 1 atom stereocenters. The molecule has 0 aliphatic carbocycles. The van der Waals surface area contributed by atoms with Crippen LogP contribution >= 0.6 is 15.9 Å². The molecule has 1 aliphatic heterocycles. The van der Waals surface area contributed by atoms with Crippen molar-refractivity contribution >= 4 is 21.9 Å². The van der Waals surface area contributed by atoms with Crippen molar-refractivity contribution in [2.75, 3.05) is 13.1 Å².